The number of aromatic amines is 2. The van der Waals surface area contributed by atoms with E-state index >= 15 is 0 Å². The van der Waals surface area contributed by atoms with Crippen LogP contribution in [0.25, 0.3) is 44.5 Å². The fraction of sp³-hybridized carbons (Fsp3) is 0.410. The van der Waals surface area contributed by atoms with Gasteiger partial charge in [0.2, 0.25) is 0 Å². The lowest BCUT2D eigenvalue weighted by Crippen LogP contribution is -2.36. The van der Waals surface area contributed by atoms with Crippen LogP contribution in [0.4, 0.5) is 9.59 Å². The Morgan fingerprint density at radius 1 is 0.700 bits per heavy atom. The molecule has 0 spiro atoms. The van der Waals surface area contributed by atoms with Crippen LogP contribution in [0.2, 0.25) is 0 Å². The number of benzene rings is 2. The Balaban J connectivity index is 1.04. The summed E-state index contributed by atoms with van der Waals surface area (Å²) in [6, 6.07) is 16.5. The Labute approximate surface area is 292 Å². The Morgan fingerprint density at radius 2 is 1.26 bits per heavy atom. The molecule has 5 aromatic rings. The van der Waals surface area contributed by atoms with Crippen LogP contribution >= 0.6 is 0 Å². The van der Waals surface area contributed by atoms with Crippen LogP contribution in [-0.4, -0.2) is 71.2 Å². The Bertz CT molecular complexity index is 2020. The summed E-state index contributed by atoms with van der Waals surface area (Å²) < 4.78 is 11.3. The van der Waals surface area contributed by atoms with Gasteiger partial charge in [-0.05, 0) is 102 Å². The standard InChI is InChI=1S/C39H45N7O4/c1-38(2,3)49-36(47)45-17-7-9-32(45)34-41-22-30(43-34)27-14-12-24-19-26(13-11-25(24)20-27)29-16-15-28(21-40-29)31-23-42-35(44-31)33-10-8-18-46(33)37(48)50-39(4,5)6/h11-16,19-23,32-33H,7-10,17-18H2,1-6H3,(H,41,43)(H,42,44)/t32-,33?/m0/s1. The monoisotopic (exact) mass is 675 g/mol. The van der Waals surface area contributed by atoms with Crippen molar-refractivity contribution >= 4 is 23.0 Å². The molecule has 3 aromatic heterocycles. The van der Waals surface area contributed by atoms with E-state index in [4.69, 9.17) is 19.4 Å². The number of aromatic nitrogens is 5. The molecule has 2 amide bonds. The molecule has 11 nitrogen and oxygen atoms in total. The summed E-state index contributed by atoms with van der Waals surface area (Å²) in [5, 5.41) is 2.20. The molecule has 0 aliphatic carbocycles. The lowest BCUT2D eigenvalue weighted by Gasteiger charge is -2.27. The maximum atomic E-state index is 12.8. The summed E-state index contributed by atoms with van der Waals surface area (Å²) in [6.45, 7) is 12.6. The summed E-state index contributed by atoms with van der Waals surface area (Å²) in [5.74, 6) is 1.54. The summed E-state index contributed by atoms with van der Waals surface area (Å²) in [6.07, 6.45) is 8.47. The van der Waals surface area contributed by atoms with Gasteiger partial charge in [0.05, 0.1) is 35.4 Å². The van der Waals surface area contributed by atoms with Gasteiger partial charge in [-0.15, -0.1) is 0 Å². The number of nitrogens with zero attached hydrogens (tertiary/aromatic N) is 5. The van der Waals surface area contributed by atoms with E-state index in [1.165, 1.54) is 0 Å². The second-order valence-electron chi connectivity index (χ2n) is 15.2. The SMILES string of the molecule is CC(C)(C)OC(=O)N1CCCC1c1ncc(-c2ccc(-c3ccc4cc(-c5c[nH]c([C@@H]6CCCN6C(=O)OC(C)(C)C)n5)ccc4c3)nc2)[nH]1. The molecular weight excluding hydrogens is 630 g/mol. The smallest absolute Gasteiger partial charge is 0.410 e. The highest BCUT2D eigenvalue weighted by Gasteiger charge is 2.36. The lowest BCUT2D eigenvalue weighted by atomic mass is 10.0. The number of hydrogen-bond donors (Lipinski definition) is 2. The average molecular weight is 676 g/mol. The summed E-state index contributed by atoms with van der Waals surface area (Å²) in [4.78, 5) is 50.2. The number of hydrogen-bond acceptors (Lipinski definition) is 7. The molecule has 2 aliphatic heterocycles. The van der Waals surface area contributed by atoms with Gasteiger partial charge in [-0.1, -0.05) is 24.3 Å². The molecule has 11 heteroatoms. The molecule has 260 valence electrons. The minimum Gasteiger partial charge on any atom is -0.444 e. The summed E-state index contributed by atoms with van der Waals surface area (Å²) >= 11 is 0. The zero-order valence-corrected chi connectivity index (χ0v) is 29.6. The van der Waals surface area contributed by atoms with E-state index < -0.39 is 11.2 Å². The molecule has 2 N–H and O–H groups in total. The highest BCUT2D eigenvalue weighted by Crippen LogP contribution is 2.35. The number of rotatable bonds is 5. The van der Waals surface area contributed by atoms with Gasteiger partial charge in [0.15, 0.2) is 0 Å². The number of ether oxygens (including phenoxy) is 2. The van der Waals surface area contributed by atoms with Gasteiger partial charge in [0.25, 0.3) is 0 Å². The molecular formula is C39H45N7O4. The van der Waals surface area contributed by atoms with Gasteiger partial charge in [-0.2, -0.15) is 0 Å². The van der Waals surface area contributed by atoms with Crippen LogP contribution in [0.1, 0.15) is 91.0 Å². The number of H-pyrrole nitrogens is 2. The predicted molar refractivity (Wildman–Crippen MR) is 192 cm³/mol. The number of carbonyl (C=O) groups is 2. The van der Waals surface area contributed by atoms with Crippen molar-refractivity contribution in [3.63, 3.8) is 0 Å². The molecule has 2 aromatic carbocycles. The second-order valence-corrected chi connectivity index (χ2v) is 15.2. The first-order chi connectivity index (χ1) is 23.8. The molecule has 2 fully saturated rings. The lowest BCUT2D eigenvalue weighted by molar-refractivity contribution is 0.0208. The second kappa shape index (κ2) is 12.9. The van der Waals surface area contributed by atoms with Crippen molar-refractivity contribution in [1.29, 1.82) is 0 Å². The van der Waals surface area contributed by atoms with Gasteiger partial charge in [0, 0.05) is 42.2 Å². The van der Waals surface area contributed by atoms with Crippen molar-refractivity contribution in [3.8, 4) is 33.8 Å². The molecule has 2 aliphatic rings. The van der Waals surface area contributed by atoms with Crippen LogP contribution in [-0.2, 0) is 9.47 Å². The Morgan fingerprint density at radius 3 is 1.82 bits per heavy atom. The summed E-state index contributed by atoms with van der Waals surface area (Å²) in [5.41, 5.74) is 4.42. The molecule has 1 unspecified atom stereocenters. The topological polar surface area (TPSA) is 129 Å². The highest BCUT2D eigenvalue weighted by atomic mass is 16.6. The van der Waals surface area contributed by atoms with Gasteiger partial charge >= 0.3 is 12.2 Å². The minimum absolute atomic E-state index is 0.127. The molecule has 50 heavy (non-hydrogen) atoms. The van der Waals surface area contributed by atoms with Crippen LogP contribution in [0.5, 0.6) is 0 Å². The van der Waals surface area contributed by atoms with Crippen LogP contribution in [0, 0.1) is 0 Å². The number of amides is 2. The molecule has 7 rings (SSSR count). The minimum atomic E-state index is -0.547. The van der Waals surface area contributed by atoms with Gasteiger partial charge in [0.1, 0.15) is 22.9 Å². The van der Waals surface area contributed by atoms with E-state index in [0.29, 0.717) is 13.1 Å². The third-order valence-corrected chi connectivity index (χ3v) is 9.09. The van der Waals surface area contributed by atoms with Crippen LogP contribution in [0.15, 0.2) is 67.1 Å². The molecule has 5 heterocycles. The van der Waals surface area contributed by atoms with E-state index in [1.807, 2.05) is 66.1 Å². The number of imidazole rings is 2. The zero-order chi connectivity index (χ0) is 35.2. The van der Waals surface area contributed by atoms with Gasteiger partial charge in [-0.25, -0.2) is 19.6 Å². The first kappa shape index (κ1) is 33.3. The van der Waals surface area contributed by atoms with Crippen molar-refractivity contribution in [2.24, 2.45) is 0 Å². The summed E-state index contributed by atoms with van der Waals surface area (Å²) in [7, 11) is 0. The molecule has 2 atom stereocenters. The Hall–Kier alpha value is -5.19. The van der Waals surface area contributed by atoms with E-state index in [2.05, 4.69) is 51.4 Å². The molecule has 0 bridgehead atoms. The largest absolute Gasteiger partial charge is 0.444 e. The van der Waals surface area contributed by atoms with Crippen molar-refractivity contribution in [2.75, 3.05) is 13.1 Å². The first-order valence-corrected chi connectivity index (χ1v) is 17.4. The molecule has 0 radical (unpaired) electrons. The van der Waals surface area contributed by atoms with Crippen molar-refractivity contribution in [2.45, 2.75) is 90.5 Å². The van der Waals surface area contributed by atoms with E-state index in [-0.39, 0.29) is 24.3 Å². The Kier molecular flexibility index (Phi) is 8.61. The first-order valence-electron chi connectivity index (χ1n) is 17.4. The third-order valence-electron chi connectivity index (χ3n) is 9.09. The van der Waals surface area contributed by atoms with E-state index in [9.17, 15) is 9.59 Å². The fourth-order valence-corrected chi connectivity index (χ4v) is 6.78. The van der Waals surface area contributed by atoms with Crippen LogP contribution in [0.3, 0.4) is 0 Å². The van der Waals surface area contributed by atoms with Gasteiger partial charge in [-0.3, -0.25) is 14.8 Å². The highest BCUT2D eigenvalue weighted by molar-refractivity contribution is 5.90. The van der Waals surface area contributed by atoms with Crippen molar-refractivity contribution in [1.82, 2.24) is 34.7 Å². The quantitative estimate of drug-likeness (QED) is 0.190. The number of fused-ring (bicyclic) bond motifs is 1. The normalized spacial score (nSPS) is 18.2. The van der Waals surface area contributed by atoms with E-state index in [1.54, 1.807) is 16.0 Å². The van der Waals surface area contributed by atoms with Crippen molar-refractivity contribution < 1.29 is 19.1 Å². The van der Waals surface area contributed by atoms with Gasteiger partial charge < -0.3 is 19.4 Å². The maximum Gasteiger partial charge on any atom is 0.410 e. The number of nitrogens with one attached hydrogen (secondary N) is 2. The van der Waals surface area contributed by atoms with Crippen LogP contribution < -0.4 is 0 Å². The van der Waals surface area contributed by atoms with E-state index in [0.717, 1.165) is 81.9 Å². The molecule has 0 saturated carbocycles. The zero-order valence-electron chi connectivity index (χ0n) is 29.6. The number of carbonyl (C=O) groups excluding carboxylic acids is 2. The average Bonchev–Trinajstić information content (AvgIpc) is 3.88. The third kappa shape index (κ3) is 7.08. The number of pyridine rings is 1. The number of likely N-dealkylation sites (tertiary alicyclic amines) is 2. The predicted octanol–water partition coefficient (Wildman–Crippen LogP) is 8.83. The fourth-order valence-electron chi connectivity index (χ4n) is 6.78. The maximum absolute atomic E-state index is 12.8. The molecule has 2 saturated heterocycles. The van der Waals surface area contributed by atoms with Crippen molar-refractivity contribution in [3.05, 3.63) is 78.8 Å².